The van der Waals surface area contributed by atoms with Crippen molar-refractivity contribution in [3.05, 3.63) is 107 Å². The Kier molecular flexibility index (Phi) is 9.41. The Morgan fingerprint density at radius 3 is 2.37 bits per heavy atom. The lowest BCUT2D eigenvalue weighted by atomic mass is 9.92. The number of aliphatic imine (C=N–C) groups is 1. The molecule has 0 radical (unpaired) electrons. The highest BCUT2D eigenvalue weighted by Crippen LogP contribution is 2.35. The zero-order valence-electron chi connectivity index (χ0n) is 32.9. The van der Waals surface area contributed by atoms with E-state index >= 15 is 0 Å². The number of nitrogens with zero attached hydrogens (tertiary/aromatic N) is 6. The van der Waals surface area contributed by atoms with E-state index in [2.05, 4.69) is 120 Å². The van der Waals surface area contributed by atoms with Gasteiger partial charge in [-0.2, -0.15) is 5.10 Å². The number of carbonyl (C=O) groups excluding carboxylic acids is 3. The number of aromatic nitrogens is 2. The summed E-state index contributed by atoms with van der Waals surface area (Å²) in [5.41, 5.74) is 11.6. The van der Waals surface area contributed by atoms with Crippen molar-refractivity contribution in [2.24, 2.45) is 10.4 Å². The molecule has 2 N–H and O–H groups in total. The average molecular weight is 765 g/mol. The van der Waals surface area contributed by atoms with Crippen molar-refractivity contribution in [3.63, 3.8) is 0 Å². The molecule has 4 aliphatic rings. The second kappa shape index (κ2) is 14.6. The molecule has 2 fully saturated rings. The minimum atomic E-state index is -0.597. The molecule has 0 spiro atoms. The Morgan fingerprint density at radius 2 is 1.61 bits per heavy atom. The molecule has 5 aromatic rings. The summed E-state index contributed by atoms with van der Waals surface area (Å²) in [5, 5.41) is 13.4. The molecule has 9 rings (SSSR count). The zero-order chi connectivity index (χ0) is 39.4. The molecule has 2 unspecified atom stereocenters. The number of fused-ring (bicyclic) bond motifs is 2. The van der Waals surface area contributed by atoms with Crippen LogP contribution in [0.15, 0.2) is 83.9 Å². The second-order valence-corrected chi connectivity index (χ2v) is 16.9. The maximum Gasteiger partial charge on any atom is 0.255 e. The van der Waals surface area contributed by atoms with E-state index in [1.54, 1.807) is 11.3 Å². The summed E-state index contributed by atoms with van der Waals surface area (Å²) in [5.74, 6) is -0.792. The molecule has 0 saturated carbocycles. The Hall–Kier alpha value is -5.85. The molecule has 4 aliphatic heterocycles. The highest BCUT2D eigenvalue weighted by Gasteiger charge is 2.39. The van der Waals surface area contributed by atoms with E-state index in [0.717, 1.165) is 77.1 Å². The highest BCUT2D eigenvalue weighted by atomic mass is 16.7. The summed E-state index contributed by atoms with van der Waals surface area (Å²) in [4.78, 5) is 54.0. The number of benzene rings is 4. The van der Waals surface area contributed by atoms with Crippen molar-refractivity contribution in [1.82, 2.24) is 30.4 Å². The molecule has 3 amide bonds. The number of hydrogen-bond acceptors (Lipinski definition) is 9. The van der Waals surface area contributed by atoms with E-state index in [9.17, 15) is 14.4 Å². The Bertz CT molecular complexity index is 2410. The van der Waals surface area contributed by atoms with Crippen LogP contribution in [0.25, 0.3) is 33.3 Å². The first-order valence-electron chi connectivity index (χ1n) is 19.9. The molecule has 5 heterocycles. The first kappa shape index (κ1) is 36.8. The van der Waals surface area contributed by atoms with Crippen molar-refractivity contribution >= 4 is 40.7 Å². The maximum atomic E-state index is 13.1. The third kappa shape index (κ3) is 7.19. The number of piperazine rings is 1. The largest absolute Gasteiger partial charge is 0.392 e. The summed E-state index contributed by atoms with van der Waals surface area (Å²) in [6, 6.07) is 27.3. The van der Waals surface area contributed by atoms with Crippen LogP contribution in [-0.4, -0.2) is 87.6 Å². The van der Waals surface area contributed by atoms with Crippen LogP contribution in [0.5, 0.6) is 0 Å². The van der Waals surface area contributed by atoms with Crippen LogP contribution in [0.2, 0.25) is 0 Å². The van der Waals surface area contributed by atoms with Crippen LogP contribution in [-0.2, 0) is 34.1 Å². The number of anilines is 1. The number of nitrogens with one attached hydrogen (secondary N) is 2. The summed E-state index contributed by atoms with van der Waals surface area (Å²) >= 11 is 0. The minimum Gasteiger partial charge on any atom is -0.392 e. The maximum absolute atomic E-state index is 13.1. The molecule has 2 atom stereocenters. The van der Waals surface area contributed by atoms with Gasteiger partial charge in [-0.25, -0.2) is 4.99 Å². The van der Waals surface area contributed by atoms with Gasteiger partial charge in [-0.3, -0.25) is 29.7 Å². The number of aryl methyl sites for hydroxylation is 1. The number of imide groups is 1. The van der Waals surface area contributed by atoms with Gasteiger partial charge in [0.2, 0.25) is 11.8 Å². The molecule has 12 heteroatoms. The van der Waals surface area contributed by atoms with Gasteiger partial charge in [0.25, 0.3) is 5.91 Å². The van der Waals surface area contributed by atoms with Crippen LogP contribution >= 0.6 is 0 Å². The lowest BCUT2D eigenvalue weighted by molar-refractivity contribution is -0.136. The molecular weight excluding hydrogens is 717 g/mol. The Balaban J connectivity index is 0.823. The number of rotatable bonds is 8. The quantitative estimate of drug-likeness (QED) is 0.173. The van der Waals surface area contributed by atoms with Crippen LogP contribution < -0.4 is 10.2 Å². The molecule has 4 aromatic carbocycles. The van der Waals surface area contributed by atoms with Crippen LogP contribution in [0.3, 0.4) is 0 Å². The van der Waals surface area contributed by atoms with Gasteiger partial charge < -0.3 is 14.6 Å². The van der Waals surface area contributed by atoms with Gasteiger partial charge in [0.15, 0.2) is 6.40 Å². The summed E-state index contributed by atoms with van der Waals surface area (Å²) < 4.78 is 0. The lowest BCUT2D eigenvalue weighted by Crippen LogP contribution is -2.52. The zero-order valence-corrected chi connectivity index (χ0v) is 32.9. The van der Waals surface area contributed by atoms with Gasteiger partial charge in [0.1, 0.15) is 12.2 Å². The topological polar surface area (TPSA) is 126 Å². The minimum absolute atomic E-state index is 0.0305. The monoisotopic (exact) mass is 764 g/mol. The standard InChI is InChI=1S/C45H48N8O4/c1-28-21-32(6-7-33(28)26-53-44(45(2,3)4)46-27-57-53)41-37-23-31(10-14-38(37)48-49-41)30-8-11-35(12-9-30)51-19-17-50(18-20-51)24-29-5-13-36-34(22-29)25-52(43(36)56)39-15-16-40(54)47-42(39)55/h5-14,21-23,27,39,44H,15-20,24-26H2,1-4H3,(H,48,49)(H,47,54,55). The molecule has 1 aromatic heterocycles. The van der Waals surface area contributed by atoms with Crippen molar-refractivity contribution < 1.29 is 19.2 Å². The van der Waals surface area contributed by atoms with Gasteiger partial charge in [-0.1, -0.05) is 63.2 Å². The molecule has 292 valence electrons. The van der Waals surface area contributed by atoms with Gasteiger partial charge in [0.05, 0.1) is 17.8 Å². The van der Waals surface area contributed by atoms with Crippen molar-refractivity contribution in [1.29, 1.82) is 0 Å². The van der Waals surface area contributed by atoms with E-state index in [0.29, 0.717) is 25.1 Å². The number of aromatic amines is 1. The van der Waals surface area contributed by atoms with E-state index < -0.39 is 6.04 Å². The van der Waals surface area contributed by atoms with Gasteiger partial charge in [0, 0.05) is 73.3 Å². The summed E-state index contributed by atoms with van der Waals surface area (Å²) in [7, 11) is 0. The number of amides is 3. The molecule has 57 heavy (non-hydrogen) atoms. The van der Waals surface area contributed by atoms with E-state index in [4.69, 9.17) is 9.94 Å². The average Bonchev–Trinajstić information content (AvgIpc) is 3.93. The third-order valence-electron chi connectivity index (χ3n) is 11.9. The number of piperidine rings is 1. The second-order valence-electron chi connectivity index (χ2n) is 16.9. The first-order valence-corrected chi connectivity index (χ1v) is 19.9. The molecular formula is C45H48N8O4. The third-order valence-corrected chi connectivity index (χ3v) is 11.9. The van der Waals surface area contributed by atoms with E-state index in [-0.39, 0.29) is 35.7 Å². The lowest BCUT2D eigenvalue weighted by Gasteiger charge is -2.36. The predicted octanol–water partition coefficient (Wildman–Crippen LogP) is 6.44. The fraction of sp³-hybridized carbons (Fsp3) is 0.356. The predicted molar refractivity (Wildman–Crippen MR) is 220 cm³/mol. The highest BCUT2D eigenvalue weighted by molar-refractivity contribution is 6.05. The van der Waals surface area contributed by atoms with E-state index in [1.807, 2.05) is 17.2 Å². The Labute approximate surface area is 332 Å². The fourth-order valence-electron chi connectivity index (χ4n) is 8.67. The molecule has 0 aliphatic carbocycles. The number of carbonyl (C=O) groups is 3. The normalized spacial score (nSPS) is 20.4. The van der Waals surface area contributed by atoms with Gasteiger partial charge in [-0.15, -0.1) is 5.06 Å². The SMILES string of the molecule is Cc1cc(-c2n[nH]c3ccc(-c4ccc(N5CCN(Cc6ccc7c(c6)CN(C6CCC(=O)NC6=O)C7=O)CC5)cc4)cc23)ccc1CN1OC=NC1C(C)(C)C. The van der Waals surface area contributed by atoms with Crippen molar-refractivity contribution in [2.75, 3.05) is 31.1 Å². The van der Waals surface area contributed by atoms with Crippen molar-refractivity contribution in [2.45, 2.75) is 72.4 Å². The summed E-state index contributed by atoms with van der Waals surface area (Å²) in [6.07, 6.45) is 2.14. The van der Waals surface area contributed by atoms with Crippen LogP contribution in [0, 0.1) is 12.3 Å². The van der Waals surface area contributed by atoms with Gasteiger partial charge >= 0.3 is 0 Å². The molecule has 0 bridgehead atoms. The number of hydroxylamine groups is 2. The Morgan fingerprint density at radius 1 is 0.842 bits per heavy atom. The van der Waals surface area contributed by atoms with Gasteiger partial charge in [-0.05, 0) is 83.1 Å². The molecule has 2 saturated heterocycles. The molecule has 12 nitrogen and oxygen atoms in total. The van der Waals surface area contributed by atoms with Crippen molar-refractivity contribution in [3.8, 4) is 22.4 Å². The number of hydrogen-bond donors (Lipinski definition) is 2. The summed E-state index contributed by atoms with van der Waals surface area (Å²) in [6.45, 7) is 14.2. The fourth-order valence-corrected chi connectivity index (χ4v) is 8.67. The smallest absolute Gasteiger partial charge is 0.255 e. The number of H-pyrrole nitrogens is 1. The first-order chi connectivity index (χ1) is 27.5. The van der Waals surface area contributed by atoms with Crippen LogP contribution in [0.4, 0.5) is 5.69 Å². The van der Waals surface area contributed by atoms with E-state index in [1.165, 1.54) is 16.8 Å². The van der Waals surface area contributed by atoms with Crippen LogP contribution in [0.1, 0.15) is 66.2 Å².